The summed E-state index contributed by atoms with van der Waals surface area (Å²) in [6, 6.07) is 4.05. The van der Waals surface area contributed by atoms with Crippen molar-refractivity contribution in [3.05, 3.63) is 40.3 Å². The first-order valence-corrected chi connectivity index (χ1v) is 9.97. The van der Waals surface area contributed by atoms with E-state index in [1.165, 1.54) is 17.4 Å². The minimum atomic E-state index is -4.34. The van der Waals surface area contributed by atoms with E-state index in [1.807, 2.05) is 11.6 Å². The lowest BCUT2D eigenvalue weighted by atomic mass is 10.2. The zero-order chi connectivity index (χ0) is 18.3. The largest absolute Gasteiger partial charge is 0.416 e. The maximum absolute atomic E-state index is 12.9. The first-order chi connectivity index (χ1) is 12.4. The van der Waals surface area contributed by atoms with Crippen molar-refractivity contribution >= 4 is 38.0 Å². The first-order valence-electron chi connectivity index (χ1n) is 8.28. The molecule has 1 unspecified atom stereocenters. The molecule has 0 amide bonds. The Morgan fingerprint density at radius 1 is 1.15 bits per heavy atom. The SMILES string of the molecule is CC(c1nccs1)N1CCN(c2nc3cc(C(F)(F)F)ccc3s2)CC1. The standard InChI is InChI=1S/C17H17F3N4S2/c1-11(15-21-4-9-25-15)23-5-7-24(8-6-23)16-22-13-10-12(17(18,19)20)2-3-14(13)26-16/h2-4,9-11H,5-8H2,1H3. The van der Waals surface area contributed by atoms with Crippen molar-refractivity contribution in [1.29, 1.82) is 0 Å². The smallest absolute Gasteiger partial charge is 0.345 e. The molecule has 138 valence electrons. The molecule has 26 heavy (non-hydrogen) atoms. The highest BCUT2D eigenvalue weighted by Crippen LogP contribution is 2.35. The topological polar surface area (TPSA) is 32.3 Å². The van der Waals surface area contributed by atoms with E-state index >= 15 is 0 Å². The fourth-order valence-corrected chi connectivity index (χ4v) is 4.85. The number of alkyl halides is 3. The number of halogens is 3. The van der Waals surface area contributed by atoms with Gasteiger partial charge in [0, 0.05) is 37.8 Å². The summed E-state index contributed by atoms with van der Waals surface area (Å²) >= 11 is 3.11. The number of hydrogen-bond donors (Lipinski definition) is 0. The van der Waals surface area contributed by atoms with E-state index in [1.54, 1.807) is 11.3 Å². The molecule has 0 aliphatic carbocycles. The summed E-state index contributed by atoms with van der Waals surface area (Å²) in [7, 11) is 0. The van der Waals surface area contributed by atoms with Crippen molar-refractivity contribution < 1.29 is 13.2 Å². The van der Waals surface area contributed by atoms with Gasteiger partial charge in [-0.05, 0) is 25.1 Å². The van der Waals surface area contributed by atoms with Crippen molar-refractivity contribution in [3.63, 3.8) is 0 Å². The molecule has 1 saturated heterocycles. The van der Waals surface area contributed by atoms with E-state index in [0.717, 1.165) is 53.2 Å². The van der Waals surface area contributed by atoms with Crippen LogP contribution in [0.2, 0.25) is 0 Å². The number of benzene rings is 1. The Bertz CT molecular complexity index is 883. The van der Waals surface area contributed by atoms with Crippen LogP contribution < -0.4 is 4.90 Å². The van der Waals surface area contributed by atoms with Crippen molar-refractivity contribution in [3.8, 4) is 0 Å². The molecule has 0 N–H and O–H groups in total. The summed E-state index contributed by atoms with van der Waals surface area (Å²) in [5, 5.41) is 3.89. The third kappa shape index (κ3) is 3.43. The summed E-state index contributed by atoms with van der Waals surface area (Å²) in [6.07, 6.45) is -2.52. The van der Waals surface area contributed by atoms with Crippen LogP contribution in [0.4, 0.5) is 18.3 Å². The zero-order valence-electron chi connectivity index (χ0n) is 14.0. The summed E-state index contributed by atoms with van der Waals surface area (Å²) < 4.78 is 39.4. The van der Waals surface area contributed by atoms with Crippen LogP contribution >= 0.6 is 22.7 Å². The predicted octanol–water partition coefficient (Wildman–Crippen LogP) is 4.65. The fourth-order valence-electron chi connectivity index (χ4n) is 3.12. The molecule has 1 aliphatic heterocycles. The second kappa shape index (κ2) is 6.79. The average Bonchev–Trinajstić information content (AvgIpc) is 3.29. The number of rotatable bonds is 3. The Hall–Kier alpha value is -1.71. The Morgan fingerprint density at radius 3 is 2.58 bits per heavy atom. The number of thiazole rings is 2. The van der Waals surface area contributed by atoms with Crippen molar-refractivity contribution in [2.45, 2.75) is 19.1 Å². The summed E-state index contributed by atoms with van der Waals surface area (Å²) in [4.78, 5) is 13.4. The normalized spacial score (nSPS) is 17.8. The van der Waals surface area contributed by atoms with Crippen LogP contribution in [0.1, 0.15) is 23.5 Å². The number of aromatic nitrogens is 2. The van der Waals surface area contributed by atoms with Crippen LogP contribution in [0.25, 0.3) is 10.2 Å². The van der Waals surface area contributed by atoms with Crippen LogP contribution in [0, 0.1) is 0 Å². The molecular weight excluding hydrogens is 381 g/mol. The van der Waals surface area contributed by atoms with Gasteiger partial charge in [-0.2, -0.15) is 13.2 Å². The highest BCUT2D eigenvalue weighted by molar-refractivity contribution is 7.22. The van der Waals surface area contributed by atoms with Gasteiger partial charge in [0.1, 0.15) is 5.01 Å². The molecule has 9 heteroatoms. The minimum Gasteiger partial charge on any atom is -0.345 e. The molecule has 1 aliphatic rings. The Labute approximate surface area is 156 Å². The van der Waals surface area contributed by atoms with Crippen LogP contribution in [0.5, 0.6) is 0 Å². The molecule has 0 spiro atoms. The molecular formula is C17H17F3N4S2. The number of anilines is 1. The highest BCUT2D eigenvalue weighted by Gasteiger charge is 2.31. The monoisotopic (exact) mass is 398 g/mol. The van der Waals surface area contributed by atoms with E-state index in [0.29, 0.717) is 5.52 Å². The maximum atomic E-state index is 12.9. The van der Waals surface area contributed by atoms with Crippen molar-refractivity contribution in [1.82, 2.24) is 14.9 Å². The molecule has 2 aromatic heterocycles. The summed E-state index contributed by atoms with van der Waals surface area (Å²) in [6.45, 7) is 5.53. The van der Waals surface area contributed by atoms with E-state index in [4.69, 9.17) is 0 Å². The number of piperazine rings is 1. The lowest BCUT2D eigenvalue weighted by molar-refractivity contribution is -0.137. The third-order valence-corrected chi connectivity index (χ3v) is 6.69. The van der Waals surface area contributed by atoms with Gasteiger partial charge in [0.2, 0.25) is 0 Å². The van der Waals surface area contributed by atoms with Gasteiger partial charge >= 0.3 is 6.18 Å². The molecule has 3 aromatic rings. The predicted molar refractivity (Wildman–Crippen MR) is 98.9 cm³/mol. The molecule has 0 bridgehead atoms. The number of nitrogens with zero attached hydrogens (tertiary/aromatic N) is 4. The van der Waals surface area contributed by atoms with E-state index in [2.05, 4.69) is 26.7 Å². The Balaban J connectivity index is 1.47. The van der Waals surface area contributed by atoms with E-state index < -0.39 is 11.7 Å². The number of fused-ring (bicyclic) bond motifs is 1. The average molecular weight is 398 g/mol. The van der Waals surface area contributed by atoms with Crippen LogP contribution in [0.15, 0.2) is 29.8 Å². The van der Waals surface area contributed by atoms with Gasteiger partial charge in [-0.15, -0.1) is 11.3 Å². The zero-order valence-corrected chi connectivity index (χ0v) is 15.7. The van der Waals surface area contributed by atoms with Crippen LogP contribution in [-0.4, -0.2) is 41.0 Å². The molecule has 1 atom stereocenters. The quantitative estimate of drug-likeness (QED) is 0.643. The maximum Gasteiger partial charge on any atom is 0.416 e. The molecule has 4 nitrogen and oxygen atoms in total. The second-order valence-corrected chi connectivity index (χ2v) is 8.18. The van der Waals surface area contributed by atoms with Crippen molar-refractivity contribution in [2.24, 2.45) is 0 Å². The van der Waals surface area contributed by atoms with Crippen LogP contribution in [-0.2, 0) is 6.18 Å². The van der Waals surface area contributed by atoms with E-state index in [-0.39, 0.29) is 6.04 Å². The Kier molecular flexibility index (Phi) is 4.62. The fraction of sp³-hybridized carbons (Fsp3) is 0.412. The van der Waals surface area contributed by atoms with Gasteiger partial charge in [0.25, 0.3) is 0 Å². The van der Waals surface area contributed by atoms with Gasteiger partial charge < -0.3 is 4.90 Å². The molecule has 1 aromatic carbocycles. The first kappa shape index (κ1) is 17.7. The highest BCUT2D eigenvalue weighted by atomic mass is 32.1. The molecule has 0 radical (unpaired) electrons. The minimum absolute atomic E-state index is 0.280. The van der Waals surface area contributed by atoms with Gasteiger partial charge in [-0.3, -0.25) is 4.90 Å². The second-order valence-electron chi connectivity index (χ2n) is 6.25. The molecule has 4 rings (SSSR count). The summed E-state index contributed by atoms with van der Waals surface area (Å²) in [5.74, 6) is 0. The summed E-state index contributed by atoms with van der Waals surface area (Å²) in [5.41, 5.74) is -0.234. The van der Waals surface area contributed by atoms with Crippen molar-refractivity contribution in [2.75, 3.05) is 31.1 Å². The molecule has 3 heterocycles. The lowest BCUT2D eigenvalue weighted by Gasteiger charge is -2.37. The van der Waals surface area contributed by atoms with Gasteiger partial charge in [0.05, 0.1) is 21.8 Å². The lowest BCUT2D eigenvalue weighted by Crippen LogP contribution is -2.47. The molecule has 1 fully saturated rings. The molecule has 0 saturated carbocycles. The van der Waals surface area contributed by atoms with Crippen LogP contribution in [0.3, 0.4) is 0 Å². The van der Waals surface area contributed by atoms with Gasteiger partial charge in [-0.25, -0.2) is 9.97 Å². The van der Waals surface area contributed by atoms with Gasteiger partial charge in [0.15, 0.2) is 5.13 Å². The Morgan fingerprint density at radius 2 is 1.92 bits per heavy atom. The number of hydrogen-bond acceptors (Lipinski definition) is 6. The van der Waals surface area contributed by atoms with Gasteiger partial charge in [-0.1, -0.05) is 11.3 Å². The van der Waals surface area contributed by atoms with E-state index in [9.17, 15) is 13.2 Å². The third-order valence-electron chi connectivity index (χ3n) is 4.64.